The maximum atomic E-state index is 12.8. The van der Waals surface area contributed by atoms with Gasteiger partial charge in [-0.15, -0.1) is 0 Å². The summed E-state index contributed by atoms with van der Waals surface area (Å²) in [6.45, 7) is 1.51. The Labute approximate surface area is 138 Å². The second-order valence-electron chi connectivity index (χ2n) is 7.60. The van der Waals surface area contributed by atoms with Crippen LogP contribution in [0.1, 0.15) is 77.6 Å². The number of rotatable bonds is 5. The number of carbonyl (C=O) groups excluding carboxylic acids is 3. The van der Waals surface area contributed by atoms with E-state index in [1.807, 2.05) is 0 Å². The molecule has 1 spiro atoms. The van der Waals surface area contributed by atoms with Crippen LogP contribution in [0, 0.1) is 5.92 Å². The van der Waals surface area contributed by atoms with Crippen LogP contribution in [0.25, 0.3) is 0 Å². The number of Topliss-reactive ketones (excluding diaryl/α,β-unsaturated/α-hetero) is 1. The van der Waals surface area contributed by atoms with E-state index >= 15 is 0 Å². The van der Waals surface area contributed by atoms with Crippen LogP contribution >= 0.6 is 0 Å². The molecule has 3 rings (SSSR count). The molecule has 3 amide bonds. The fourth-order valence-electron chi connectivity index (χ4n) is 4.63. The molecule has 0 unspecified atom stereocenters. The first-order chi connectivity index (χ1) is 11.0. The van der Waals surface area contributed by atoms with E-state index < -0.39 is 11.6 Å². The van der Waals surface area contributed by atoms with Crippen LogP contribution in [0.15, 0.2) is 0 Å². The van der Waals surface area contributed by atoms with E-state index in [9.17, 15) is 14.4 Å². The Morgan fingerprint density at radius 1 is 1.17 bits per heavy atom. The average molecular weight is 320 g/mol. The highest BCUT2D eigenvalue weighted by atomic mass is 16.2. The van der Waals surface area contributed by atoms with E-state index in [1.54, 1.807) is 0 Å². The summed E-state index contributed by atoms with van der Waals surface area (Å²) in [5.74, 6) is 0.412. The number of ketones is 1. The Morgan fingerprint density at radius 2 is 1.83 bits per heavy atom. The minimum Gasteiger partial charge on any atom is -0.323 e. The third-order valence-corrected chi connectivity index (χ3v) is 6.00. The maximum Gasteiger partial charge on any atom is 0.325 e. The lowest BCUT2D eigenvalue weighted by atomic mass is 9.84. The molecule has 0 radical (unpaired) electrons. The number of nitrogens with zero attached hydrogens (tertiary/aromatic N) is 1. The molecule has 0 aromatic rings. The number of carbonyl (C=O) groups is 3. The molecule has 1 aliphatic heterocycles. The molecule has 1 atom stereocenters. The zero-order chi connectivity index (χ0) is 16.4. The lowest BCUT2D eigenvalue weighted by Crippen LogP contribution is -2.47. The molecule has 5 nitrogen and oxygen atoms in total. The lowest BCUT2D eigenvalue weighted by molar-refractivity contribution is -0.137. The second-order valence-corrected chi connectivity index (χ2v) is 7.60. The summed E-state index contributed by atoms with van der Waals surface area (Å²) in [6, 6.07) is -0.940. The first kappa shape index (κ1) is 16.5. The van der Waals surface area contributed by atoms with E-state index in [0.29, 0.717) is 25.2 Å². The van der Waals surface area contributed by atoms with E-state index in [-0.39, 0.29) is 17.7 Å². The van der Waals surface area contributed by atoms with E-state index in [1.165, 1.54) is 43.9 Å². The van der Waals surface area contributed by atoms with Crippen molar-refractivity contribution in [3.8, 4) is 0 Å². The van der Waals surface area contributed by atoms with Crippen LogP contribution in [-0.2, 0) is 9.59 Å². The Morgan fingerprint density at radius 3 is 2.43 bits per heavy atom. The molecular formula is C18H28N2O3. The minimum absolute atomic E-state index is 0.0700. The van der Waals surface area contributed by atoms with Gasteiger partial charge < -0.3 is 5.32 Å². The highest BCUT2D eigenvalue weighted by molar-refractivity contribution is 6.10. The summed E-state index contributed by atoms with van der Waals surface area (Å²) in [7, 11) is 0. The normalized spacial score (nSPS) is 25.9. The zero-order valence-corrected chi connectivity index (χ0v) is 14.1. The Kier molecular flexibility index (Phi) is 4.74. The molecule has 1 saturated heterocycles. The van der Waals surface area contributed by atoms with Gasteiger partial charge in [0.1, 0.15) is 5.54 Å². The topological polar surface area (TPSA) is 66.5 Å². The van der Waals surface area contributed by atoms with Crippen LogP contribution in [0.5, 0.6) is 0 Å². The largest absolute Gasteiger partial charge is 0.325 e. The van der Waals surface area contributed by atoms with E-state index in [2.05, 4.69) is 5.32 Å². The van der Waals surface area contributed by atoms with Crippen molar-refractivity contribution in [2.75, 3.05) is 0 Å². The summed E-state index contributed by atoms with van der Waals surface area (Å²) in [4.78, 5) is 38.6. The zero-order valence-electron chi connectivity index (χ0n) is 14.1. The van der Waals surface area contributed by atoms with Crippen molar-refractivity contribution in [2.24, 2.45) is 5.92 Å². The highest BCUT2D eigenvalue weighted by Crippen LogP contribution is 2.37. The summed E-state index contributed by atoms with van der Waals surface area (Å²) in [6.07, 6.45) is 11.2. The van der Waals surface area contributed by atoms with Crippen LogP contribution in [0.3, 0.4) is 0 Å². The highest BCUT2D eigenvalue weighted by Gasteiger charge is 2.54. The van der Waals surface area contributed by atoms with Crippen LogP contribution in [-0.4, -0.2) is 34.2 Å². The van der Waals surface area contributed by atoms with Gasteiger partial charge >= 0.3 is 6.03 Å². The molecule has 0 bridgehead atoms. The fraction of sp³-hybridized carbons (Fsp3) is 0.833. The number of hydrogen-bond donors (Lipinski definition) is 1. The van der Waals surface area contributed by atoms with Crippen molar-refractivity contribution < 1.29 is 14.4 Å². The summed E-state index contributed by atoms with van der Waals surface area (Å²) >= 11 is 0. The lowest BCUT2D eigenvalue weighted by Gasteiger charge is -2.28. The van der Waals surface area contributed by atoms with Crippen molar-refractivity contribution in [1.29, 1.82) is 0 Å². The van der Waals surface area contributed by atoms with Gasteiger partial charge in [0, 0.05) is 0 Å². The van der Waals surface area contributed by atoms with Gasteiger partial charge in [-0.2, -0.15) is 0 Å². The van der Waals surface area contributed by atoms with Gasteiger partial charge in [-0.1, -0.05) is 44.9 Å². The number of hydrogen-bond acceptors (Lipinski definition) is 3. The molecule has 2 aliphatic carbocycles. The van der Waals surface area contributed by atoms with Gasteiger partial charge in [-0.05, 0) is 38.5 Å². The van der Waals surface area contributed by atoms with Crippen molar-refractivity contribution in [1.82, 2.24) is 10.2 Å². The van der Waals surface area contributed by atoms with Gasteiger partial charge in [-0.3, -0.25) is 14.5 Å². The van der Waals surface area contributed by atoms with Crippen LogP contribution < -0.4 is 5.32 Å². The van der Waals surface area contributed by atoms with E-state index in [0.717, 1.165) is 19.3 Å². The van der Waals surface area contributed by atoms with Crippen molar-refractivity contribution >= 4 is 17.7 Å². The van der Waals surface area contributed by atoms with Gasteiger partial charge in [0.15, 0.2) is 5.78 Å². The van der Waals surface area contributed by atoms with E-state index in [4.69, 9.17) is 0 Å². The molecule has 0 aromatic heterocycles. The van der Waals surface area contributed by atoms with Gasteiger partial charge in [0.2, 0.25) is 0 Å². The van der Waals surface area contributed by atoms with Gasteiger partial charge in [-0.25, -0.2) is 4.79 Å². The third-order valence-electron chi connectivity index (χ3n) is 6.00. The summed E-state index contributed by atoms with van der Waals surface area (Å²) in [5, 5.41) is 2.89. The molecular weight excluding hydrogens is 292 g/mol. The molecule has 1 N–H and O–H groups in total. The summed E-state index contributed by atoms with van der Waals surface area (Å²) in [5.41, 5.74) is -0.713. The molecule has 3 aliphatic rings. The quantitative estimate of drug-likeness (QED) is 0.791. The first-order valence-electron chi connectivity index (χ1n) is 9.20. The molecule has 5 heteroatoms. The van der Waals surface area contributed by atoms with Gasteiger partial charge in [0.25, 0.3) is 5.91 Å². The third kappa shape index (κ3) is 3.15. The average Bonchev–Trinajstić information content (AvgIpc) is 3.09. The summed E-state index contributed by atoms with van der Waals surface area (Å²) < 4.78 is 0. The predicted molar refractivity (Wildman–Crippen MR) is 86.9 cm³/mol. The fourth-order valence-corrected chi connectivity index (χ4v) is 4.63. The first-order valence-corrected chi connectivity index (χ1v) is 9.20. The number of urea groups is 1. The molecule has 3 fully saturated rings. The molecule has 0 aromatic carbocycles. The molecule has 23 heavy (non-hydrogen) atoms. The maximum absolute atomic E-state index is 12.8. The van der Waals surface area contributed by atoms with Crippen molar-refractivity contribution in [2.45, 2.75) is 89.1 Å². The van der Waals surface area contributed by atoms with Crippen molar-refractivity contribution in [3.63, 3.8) is 0 Å². The second kappa shape index (κ2) is 6.62. The molecule has 128 valence electrons. The van der Waals surface area contributed by atoms with Crippen LogP contribution in [0.4, 0.5) is 4.79 Å². The Hall–Kier alpha value is -1.39. The van der Waals surface area contributed by atoms with Crippen LogP contribution in [0.2, 0.25) is 0 Å². The Bertz CT molecular complexity index is 490. The predicted octanol–water partition coefficient (Wildman–Crippen LogP) is 3.17. The number of nitrogens with one attached hydrogen (secondary N) is 1. The molecule has 2 saturated carbocycles. The SMILES string of the molecule is CC(=O)[C@H](CCC1CCCCC1)N1C(=O)NC2(CCCC2)C1=O. The monoisotopic (exact) mass is 320 g/mol. The number of imide groups is 1. The van der Waals surface area contributed by atoms with Gasteiger partial charge in [0.05, 0.1) is 6.04 Å². The standard InChI is InChI=1S/C18H28N2O3/c1-13(21)15(10-9-14-7-3-2-4-8-14)20-16(22)18(19-17(20)23)11-5-6-12-18/h14-15H,2-12H2,1H3,(H,19,23)/t15-/m0/s1. The smallest absolute Gasteiger partial charge is 0.323 e. The number of amides is 3. The Balaban J connectivity index is 1.69. The van der Waals surface area contributed by atoms with Crippen molar-refractivity contribution in [3.05, 3.63) is 0 Å². The minimum atomic E-state index is -0.713. The molecule has 1 heterocycles.